The van der Waals surface area contributed by atoms with Crippen LogP contribution in [0, 0.1) is 0 Å². The zero-order valence-corrected chi connectivity index (χ0v) is 8.01. The maximum atomic E-state index is 10.7. The van der Waals surface area contributed by atoms with Crippen LogP contribution in [0.5, 0.6) is 0 Å². The van der Waals surface area contributed by atoms with E-state index in [1.165, 1.54) is 12.3 Å². The van der Waals surface area contributed by atoms with Crippen molar-refractivity contribution in [1.82, 2.24) is 10.2 Å². The molecule has 1 unspecified atom stereocenters. The van der Waals surface area contributed by atoms with Crippen LogP contribution in [0.15, 0.2) is 12.3 Å². The van der Waals surface area contributed by atoms with Gasteiger partial charge in [-0.3, -0.25) is 0 Å². The number of rotatable bonds is 3. The van der Waals surface area contributed by atoms with Gasteiger partial charge in [-0.2, -0.15) is 5.10 Å². The highest BCUT2D eigenvalue weighted by molar-refractivity contribution is 5.87. The average molecular weight is 209 g/mol. The van der Waals surface area contributed by atoms with Crippen molar-refractivity contribution in [2.45, 2.75) is 12.5 Å². The zero-order chi connectivity index (χ0) is 10.7. The van der Waals surface area contributed by atoms with E-state index in [0.29, 0.717) is 12.4 Å². The summed E-state index contributed by atoms with van der Waals surface area (Å²) in [6.07, 6.45) is 2.12. The van der Waals surface area contributed by atoms with E-state index in [-0.39, 0.29) is 11.6 Å². The molecular formula is C9H11N3O3. The maximum absolute atomic E-state index is 10.7. The molecule has 1 aliphatic heterocycles. The summed E-state index contributed by atoms with van der Waals surface area (Å²) in [6, 6.07) is 1.66. The van der Waals surface area contributed by atoms with E-state index >= 15 is 0 Å². The number of carbonyl (C=O) groups is 1. The highest BCUT2D eigenvalue weighted by atomic mass is 16.5. The van der Waals surface area contributed by atoms with Crippen LogP contribution in [-0.2, 0) is 4.74 Å². The molecule has 15 heavy (non-hydrogen) atoms. The van der Waals surface area contributed by atoms with Gasteiger partial charge >= 0.3 is 5.97 Å². The number of carboxylic acids is 1. The molecule has 2 rings (SSSR count). The van der Waals surface area contributed by atoms with Gasteiger partial charge < -0.3 is 15.2 Å². The predicted octanol–water partition coefficient (Wildman–Crippen LogP) is 0.376. The lowest BCUT2D eigenvalue weighted by Gasteiger charge is -2.10. The first-order valence-electron chi connectivity index (χ1n) is 4.66. The van der Waals surface area contributed by atoms with Gasteiger partial charge in [0.05, 0.1) is 24.4 Å². The van der Waals surface area contributed by atoms with Crippen molar-refractivity contribution >= 4 is 11.8 Å². The Kier molecular flexibility index (Phi) is 2.77. The highest BCUT2D eigenvalue weighted by Crippen LogP contribution is 2.11. The first kappa shape index (κ1) is 9.85. The Labute approximate surface area is 86.3 Å². The second kappa shape index (κ2) is 4.22. The molecule has 6 heteroatoms. The van der Waals surface area contributed by atoms with Gasteiger partial charge in [0, 0.05) is 6.61 Å². The molecule has 0 spiro atoms. The fraction of sp³-hybridized carbons (Fsp3) is 0.444. The fourth-order valence-corrected chi connectivity index (χ4v) is 1.41. The number of nitrogens with one attached hydrogen (secondary N) is 1. The Morgan fingerprint density at radius 1 is 1.67 bits per heavy atom. The van der Waals surface area contributed by atoms with E-state index in [1.807, 2.05) is 0 Å². The molecule has 1 aromatic rings. The first-order chi connectivity index (χ1) is 7.25. The number of hydrogen-bond donors (Lipinski definition) is 2. The number of ether oxygens (including phenoxy) is 1. The van der Waals surface area contributed by atoms with Crippen LogP contribution in [0.25, 0.3) is 0 Å². The third-order valence-electron chi connectivity index (χ3n) is 2.18. The summed E-state index contributed by atoms with van der Waals surface area (Å²) in [5, 5.41) is 19.2. The van der Waals surface area contributed by atoms with Crippen LogP contribution in [0.2, 0.25) is 0 Å². The van der Waals surface area contributed by atoms with Crippen molar-refractivity contribution in [1.29, 1.82) is 0 Å². The Hall–Kier alpha value is -1.69. The SMILES string of the molecule is O=C(O)c1cnnc(NC2CCOC2)c1. The van der Waals surface area contributed by atoms with Gasteiger partial charge in [-0.1, -0.05) is 0 Å². The minimum Gasteiger partial charge on any atom is -0.478 e. The summed E-state index contributed by atoms with van der Waals surface area (Å²) in [7, 11) is 0. The summed E-state index contributed by atoms with van der Waals surface area (Å²) < 4.78 is 5.18. The molecule has 2 N–H and O–H groups in total. The highest BCUT2D eigenvalue weighted by Gasteiger charge is 2.16. The van der Waals surface area contributed by atoms with Gasteiger partial charge in [-0.25, -0.2) is 4.79 Å². The molecule has 1 saturated heterocycles. The van der Waals surface area contributed by atoms with Crippen molar-refractivity contribution in [3.63, 3.8) is 0 Å². The summed E-state index contributed by atoms with van der Waals surface area (Å²) in [5.41, 5.74) is 0.131. The molecule has 2 heterocycles. The Morgan fingerprint density at radius 3 is 3.20 bits per heavy atom. The molecular weight excluding hydrogens is 198 g/mol. The third-order valence-corrected chi connectivity index (χ3v) is 2.18. The molecule has 0 aromatic carbocycles. The largest absolute Gasteiger partial charge is 0.478 e. The summed E-state index contributed by atoms with van der Waals surface area (Å²) in [5.74, 6) is -0.527. The van der Waals surface area contributed by atoms with Crippen LogP contribution < -0.4 is 5.32 Å². The van der Waals surface area contributed by atoms with Crippen molar-refractivity contribution < 1.29 is 14.6 Å². The van der Waals surface area contributed by atoms with E-state index in [2.05, 4.69) is 15.5 Å². The van der Waals surface area contributed by atoms with E-state index < -0.39 is 5.97 Å². The minimum atomic E-state index is -1.00. The summed E-state index contributed by atoms with van der Waals surface area (Å²) >= 11 is 0. The number of aromatic nitrogens is 2. The van der Waals surface area contributed by atoms with Crippen molar-refractivity contribution in [2.75, 3.05) is 18.5 Å². The van der Waals surface area contributed by atoms with Crippen molar-refractivity contribution in [3.8, 4) is 0 Å². The van der Waals surface area contributed by atoms with Gasteiger partial charge in [-0.05, 0) is 12.5 Å². The molecule has 0 amide bonds. The molecule has 80 valence electrons. The molecule has 0 aliphatic carbocycles. The molecule has 1 atom stereocenters. The normalized spacial score (nSPS) is 20.1. The second-order valence-electron chi connectivity index (χ2n) is 3.34. The summed E-state index contributed by atoms with van der Waals surface area (Å²) in [6.45, 7) is 1.35. The van der Waals surface area contributed by atoms with Crippen molar-refractivity contribution in [2.24, 2.45) is 0 Å². The van der Waals surface area contributed by atoms with Gasteiger partial charge in [0.1, 0.15) is 5.82 Å². The van der Waals surface area contributed by atoms with E-state index in [0.717, 1.165) is 13.0 Å². The van der Waals surface area contributed by atoms with Gasteiger partial charge in [-0.15, -0.1) is 5.10 Å². The van der Waals surface area contributed by atoms with Crippen LogP contribution in [0.3, 0.4) is 0 Å². The standard InChI is InChI=1S/C9H11N3O3/c13-9(14)6-3-8(12-10-4-6)11-7-1-2-15-5-7/h3-4,7H,1-2,5H2,(H,11,12)(H,13,14). The number of carboxylic acid groups (broad SMARTS) is 1. The smallest absolute Gasteiger partial charge is 0.337 e. The number of nitrogens with zero attached hydrogens (tertiary/aromatic N) is 2. The van der Waals surface area contributed by atoms with Crippen molar-refractivity contribution in [3.05, 3.63) is 17.8 Å². The Morgan fingerprint density at radius 2 is 2.53 bits per heavy atom. The molecule has 0 bridgehead atoms. The third kappa shape index (κ3) is 2.41. The van der Waals surface area contributed by atoms with Gasteiger partial charge in [0.2, 0.25) is 0 Å². The van der Waals surface area contributed by atoms with E-state index in [4.69, 9.17) is 9.84 Å². The monoisotopic (exact) mass is 209 g/mol. The Bertz CT molecular complexity index is 363. The van der Waals surface area contributed by atoms with E-state index in [1.54, 1.807) is 0 Å². The molecule has 1 fully saturated rings. The summed E-state index contributed by atoms with van der Waals surface area (Å²) in [4.78, 5) is 10.7. The number of aromatic carboxylic acids is 1. The predicted molar refractivity (Wildman–Crippen MR) is 51.8 cm³/mol. The molecule has 1 aromatic heterocycles. The van der Waals surface area contributed by atoms with Gasteiger partial charge in [0.15, 0.2) is 0 Å². The maximum Gasteiger partial charge on any atom is 0.337 e. The minimum absolute atomic E-state index is 0.131. The van der Waals surface area contributed by atoms with Crippen LogP contribution in [0.1, 0.15) is 16.8 Å². The van der Waals surface area contributed by atoms with Crippen LogP contribution in [0.4, 0.5) is 5.82 Å². The second-order valence-corrected chi connectivity index (χ2v) is 3.34. The fourth-order valence-electron chi connectivity index (χ4n) is 1.41. The average Bonchev–Trinajstić information content (AvgIpc) is 2.71. The number of hydrogen-bond acceptors (Lipinski definition) is 5. The zero-order valence-electron chi connectivity index (χ0n) is 8.01. The lowest BCUT2D eigenvalue weighted by Crippen LogP contribution is -2.20. The van der Waals surface area contributed by atoms with Crippen LogP contribution >= 0.6 is 0 Å². The topological polar surface area (TPSA) is 84.3 Å². The Balaban J connectivity index is 2.07. The molecule has 1 aliphatic rings. The molecule has 0 saturated carbocycles. The quantitative estimate of drug-likeness (QED) is 0.748. The van der Waals surface area contributed by atoms with Crippen LogP contribution in [-0.4, -0.2) is 40.5 Å². The number of anilines is 1. The lowest BCUT2D eigenvalue weighted by atomic mass is 10.2. The first-order valence-corrected chi connectivity index (χ1v) is 4.66. The lowest BCUT2D eigenvalue weighted by molar-refractivity contribution is 0.0696. The molecule has 0 radical (unpaired) electrons. The van der Waals surface area contributed by atoms with Gasteiger partial charge in [0.25, 0.3) is 0 Å². The molecule has 6 nitrogen and oxygen atoms in total. The van der Waals surface area contributed by atoms with E-state index in [9.17, 15) is 4.79 Å².